The van der Waals surface area contributed by atoms with Gasteiger partial charge in [-0.05, 0) is 42.9 Å². The minimum absolute atomic E-state index is 0.130. The Kier molecular flexibility index (Phi) is 5.45. The molecule has 1 amide bonds. The van der Waals surface area contributed by atoms with E-state index in [4.69, 9.17) is 0 Å². The summed E-state index contributed by atoms with van der Waals surface area (Å²) >= 11 is 1.41. The van der Waals surface area contributed by atoms with Gasteiger partial charge in [0.05, 0.1) is 12.0 Å². The van der Waals surface area contributed by atoms with Crippen LogP contribution in [0.1, 0.15) is 30.4 Å². The van der Waals surface area contributed by atoms with Crippen molar-refractivity contribution in [2.24, 2.45) is 14.1 Å². The van der Waals surface area contributed by atoms with Crippen molar-refractivity contribution >= 4 is 33.5 Å². The Hall–Kier alpha value is -3.53. The lowest BCUT2D eigenvalue weighted by Crippen LogP contribution is -2.37. The Labute approximate surface area is 193 Å². The average Bonchev–Trinajstić information content (AvgIpc) is 3.55. The van der Waals surface area contributed by atoms with Gasteiger partial charge in [-0.2, -0.15) is 0 Å². The van der Waals surface area contributed by atoms with E-state index in [1.165, 1.54) is 46.8 Å². The van der Waals surface area contributed by atoms with Crippen molar-refractivity contribution in [3.05, 3.63) is 61.9 Å². The Morgan fingerprint density at radius 3 is 2.82 bits per heavy atom. The van der Waals surface area contributed by atoms with Gasteiger partial charge in [0.25, 0.3) is 5.56 Å². The third-order valence-electron chi connectivity index (χ3n) is 6.16. The van der Waals surface area contributed by atoms with E-state index in [0.29, 0.717) is 29.3 Å². The summed E-state index contributed by atoms with van der Waals surface area (Å²) in [4.78, 5) is 45.8. The monoisotopic (exact) mass is 464 g/mol. The molecule has 0 unspecified atom stereocenters. The first-order chi connectivity index (χ1) is 15.9. The molecule has 1 aliphatic carbocycles. The average molecular weight is 465 g/mol. The maximum absolute atomic E-state index is 12.5. The largest absolute Gasteiger partial charge is 0.332 e. The van der Waals surface area contributed by atoms with Gasteiger partial charge in [0.2, 0.25) is 5.91 Å². The fourth-order valence-electron chi connectivity index (χ4n) is 4.35. The number of thiazole rings is 1. The summed E-state index contributed by atoms with van der Waals surface area (Å²) in [6.07, 6.45) is 5.80. The molecule has 0 saturated carbocycles. The molecule has 1 aliphatic rings. The van der Waals surface area contributed by atoms with E-state index in [0.717, 1.165) is 28.7 Å². The fraction of sp³-hybridized carbons (Fsp3) is 0.348. The molecule has 5 rings (SSSR count). The van der Waals surface area contributed by atoms with Crippen LogP contribution in [-0.2, 0) is 38.3 Å². The summed E-state index contributed by atoms with van der Waals surface area (Å²) in [5, 5.41) is 5.41. The minimum Gasteiger partial charge on any atom is -0.325 e. The molecule has 0 spiro atoms. The molecule has 0 bridgehead atoms. The highest BCUT2D eigenvalue weighted by atomic mass is 32.1. The van der Waals surface area contributed by atoms with E-state index in [2.05, 4.69) is 33.5 Å². The van der Waals surface area contributed by atoms with Crippen molar-refractivity contribution in [3.8, 4) is 11.3 Å². The zero-order valence-corrected chi connectivity index (χ0v) is 19.3. The van der Waals surface area contributed by atoms with E-state index in [-0.39, 0.29) is 12.3 Å². The van der Waals surface area contributed by atoms with Gasteiger partial charge in [0.1, 0.15) is 0 Å². The van der Waals surface area contributed by atoms with E-state index >= 15 is 0 Å². The van der Waals surface area contributed by atoms with E-state index < -0.39 is 11.2 Å². The van der Waals surface area contributed by atoms with Crippen molar-refractivity contribution in [2.75, 3.05) is 5.32 Å². The van der Waals surface area contributed by atoms with Crippen molar-refractivity contribution < 1.29 is 4.79 Å². The van der Waals surface area contributed by atoms with Gasteiger partial charge >= 0.3 is 5.69 Å². The number of anilines is 1. The van der Waals surface area contributed by atoms with E-state index in [9.17, 15) is 14.4 Å². The van der Waals surface area contributed by atoms with Crippen LogP contribution in [0.4, 0.5) is 5.13 Å². The van der Waals surface area contributed by atoms with Crippen molar-refractivity contribution in [1.29, 1.82) is 0 Å². The summed E-state index contributed by atoms with van der Waals surface area (Å²) in [5.41, 5.74) is 4.66. The zero-order valence-electron chi connectivity index (χ0n) is 18.5. The molecule has 3 aromatic heterocycles. The smallest absolute Gasteiger partial charge is 0.325 e. The third kappa shape index (κ3) is 3.91. The van der Waals surface area contributed by atoms with Crippen LogP contribution >= 0.6 is 11.3 Å². The Morgan fingerprint density at radius 1 is 1.15 bits per heavy atom. The molecular formula is C23H24N6O3S. The second-order valence-corrected chi connectivity index (χ2v) is 9.20. The van der Waals surface area contributed by atoms with Gasteiger partial charge in [-0.3, -0.25) is 18.7 Å². The number of aryl methyl sites for hydroxylation is 4. The summed E-state index contributed by atoms with van der Waals surface area (Å²) in [6, 6.07) is 6.49. The number of fused-ring (bicyclic) bond motifs is 2. The van der Waals surface area contributed by atoms with Crippen molar-refractivity contribution in [1.82, 2.24) is 23.7 Å². The normalized spacial score (nSPS) is 12.9. The van der Waals surface area contributed by atoms with Gasteiger partial charge in [0.15, 0.2) is 16.3 Å². The predicted molar refractivity (Wildman–Crippen MR) is 128 cm³/mol. The number of carbonyl (C=O) groups is 1. The lowest BCUT2D eigenvalue weighted by molar-refractivity contribution is -0.116. The van der Waals surface area contributed by atoms with Gasteiger partial charge in [0, 0.05) is 38.0 Å². The Balaban J connectivity index is 1.22. The van der Waals surface area contributed by atoms with Crippen LogP contribution in [0.25, 0.3) is 22.4 Å². The number of nitrogens with one attached hydrogen (secondary N) is 1. The summed E-state index contributed by atoms with van der Waals surface area (Å²) < 4.78 is 4.11. The molecule has 10 heteroatoms. The molecule has 1 aromatic carbocycles. The maximum Gasteiger partial charge on any atom is 0.332 e. The molecule has 0 fully saturated rings. The molecule has 0 saturated heterocycles. The molecule has 9 nitrogen and oxygen atoms in total. The molecule has 33 heavy (non-hydrogen) atoms. The van der Waals surface area contributed by atoms with Crippen molar-refractivity contribution in [3.63, 3.8) is 0 Å². The fourth-order valence-corrected chi connectivity index (χ4v) is 5.09. The van der Waals surface area contributed by atoms with Crippen LogP contribution in [0.15, 0.2) is 39.5 Å². The lowest BCUT2D eigenvalue weighted by Gasteiger charge is -2.07. The minimum atomic E-state index is -0.417. The second-order valence-electron chi connectivity index (χ2n) is 8.34. The van der Waals surface area contributed by atoms with Gasteiger partial charge in [-0.1, -0.05) is 12.1 Å². The van der Waals surface area contributed by atoms with Gasteiger partial charge in [-0.25, -0.2) is 14.8 Å². The van der Waals surface area contributed by atoms with Gasteiger partial charge in [-0.15, -0.1) is 11.3 Å². The molecule has 4 aromatic rings. The maximum atomic E-state index is 12.5. The number of rotatable bonds is 6. The molecule has 0 radical (unpaired) electrons. The van der Waals surface area contributed by atoms with Crippen LogP contribution in [0.2, 0.25) is 0 Å². The number of amides is 1. The number of nitrogens with zero attached hydrogens (tertiary/aromatic N) is 5. The number of aromatic nitrogens is 5. The van der Waals surface area contributed by atoms with Crippen LogP contribution in [0.3, 0.4) is 0 Å². The SMILES string of the molecule is Cn1c(=O)c2c(ncn2CCCC(=O)Nc2nc(-c3ccc4c(c3)CCC4)cs2)n(C)c1=O. The Bertz CT molecular complexity index is 1490. The Morgan fingerprint density at radius 2 is 1.97 bits per heavy atom. The van der Waals surface area contributed by atoms with Gasteiger partial charge < -0.3 is 9.88 Å². The molecular weight excluding hydrogens is 440 g/mol. The number of benzene rings is 1. The topological polar surface area (TPSA) is 104 Å². The quantitative estimate of drug-likeness (QED) is 0.472. The number of carbonyl (C=O) groups excluding carboxylic acids is 1. The zero-order chi connectivity index (χ0) is 23.1. The molecule has 1 N–H and O–H groups in total. The van der Waals surface area contributed by atoms with Crippen LogP contribution < -0.4 is 16.6 Å². The number of imidazole rings is 1. The first kappa shape index (κ1) is 21.3. The van der Waals surface area contributed by atoms with E-state index in [1.54, 1.807) is 11.6 Å². The van der Waals surface area contributed by atoms with Crippen molar-refractivity contribution in [2.45, 2.75) is 38.6 Å². The highest BCUT2D eigenvalue weighted by Crippen LogP contribution is 2.30. The van der Waals surface area contributed by atoms with Crippen LogP contribution in [0, 0.1) is 0 Å². The standard InChI is InChI=1S/C23H24N6O3S/c1-27-20-19(21(31)28(2)23(27)32)29(13-24-20)10-4-7-18(30)26-22-25-17(12-33-22)16-9-8-14-5-3-6-15(14)11-16/h8-9,11-13H,3-7,10H2,1-2H3,(H,25,26,30). The third-order valence-corrected chi connectivity index (χ3v) is 6.92. The molecule has 170 valence electrons. The molecule has 3 heterocycles. The van der Waals surface area contributed by atoms with Crippen LogP contribution in [-0.4, -0.2) is 29.6 Å². The van der Waals surface area contributed by atoms with Crippen LogP contribution in [0.5, 0.6) is 0 Å². The highest BCUT2D eigenvalue weighted by Gasteiger charge is 2.16. The summed E-state index contributed by atoms with van der Waals surface area (Å²) in [7, 11) is 3.03. The number of hydrogen-bond donors (Lipinski definition) is 1. The predicted octanol–water partition coefficient (Wildman–Crippen LogP) is 2.46. The number of hydrogen-bond acceptors (Lipinski definition) is 6. The first-order valence-electron chi connectivity index (χ1n) is 10.9. The summed E-state index contributed by atoms with van der Waals surface area (Å²) in [6.45, 7) is 0.440. The highest BCUT2D eigenvalue weighted by molar-refractivity contribution is 7.14. The van der Waals surface area contributed by atoms with E-state index in [1.807, 2.05) is 5.38 Å². The second kappa shape index (κ2) is 8.43. The molecule has 0 atom stereocenters. The molecule has 0 aliphatic heterocycles. The first-order valence-corrected chi connectivity index (χ1v) is 11.8. The lowest BCUT2D eigenvalue weighted by atomic mass is 10.1. The summed E-state index contributed by atoms with van der Waals surface area (Å²) in [5.74, 6) is -0.130.